The summed E-state index contributed by atoms with van der Waals surface area (Å²) in [5.41, 5.74) is 0. The van der Waals surface area contributed by atoms with Crippen LogP contribution < -0.4 is 29.6 Å². The summed E-state index contributed by atoms with van der Waals surface area (Å²) in [5, 5.41) is 8.59. The number of aliphatic hydroxyl groups excluding tert-OH is 1. The summed E-state index contributed by atoms with van der Waals surface area (Å²) in [7, 11) is 0. The van der Waals surface area contributed by atoms with Crippen molar-refractivity contribution in [2.24, 2.45) is 0 Å². The van der Waals surface area contributed by atoms with Crippen LogP contribution in [0, 0.1) is 0 Å². The summed E-state index contributed by atoms with van der Waals surface area (Å²) in [6.45, 7) is 4.22. The molecule has 4 heteroatoms. The molecule has 1 saturated heterocycles. The van der Waals surface area contributed by atoms with Crippen LogP contribution in [-0.4, -0.2) is 30.2 Å². The number of ether oxygens (including phenoxy) is 2. The van der Waals surface area contributed by atoms with Crippen LogP contribution in [-0.2, 0) is 9.47 Å². The standard InChI is InChI=1S/C6H12O3.Na.H/c1-6(2)8-4-5(3-7)9-6;;/h5,7H,3-4H2,1-2H3;;/q;+1;-1. The third-order valence-corrected chi connectivity index (χ3v) is 1.27. The molecule has 1 heterocycles. The molecule has 3 nitrogen and oxygen atoms in total. The number of hydrogen-bond donors (Lipinski definition) is 1. The van der Waals surface area contributed by atoms with Crippen molar-refractivity contribution in [2.75, 3.05) is 13.2 Å². The summed E-state index contributed by atoms with van der Waals surface area (Å²) in [4.78, 5) is 0. The van der Waals surface area contributed by atoms with Crippen LogP contribution in [0.15, 0.2) is 0 Å². The van der Waals surface area contributed by atoms with Gasteiger partial charge in [-0.2, -0.15) is 0 Å². The van der Waals surface area contributed by atoms with Gasteiger partial charge in [-0.15, -0.1) is 0 Å². The number of hydrogen-bond acceptors (Lipinski definition) is 3. The third-order valence-electron chi connectivity index (χ3n) is 1.27. The van der Waals surface area contributed by atoms with E-state index in [0.29, 0.717) is 6.61 Å². The normalized spacial score (nSPS) is 29.7. The Morgan fingerprint density at radius 1 is 1.70 bits per heavy atom. The zero-order chi connectivity index (χ0) is 6.91. The number of aliphatic hydroxyl groups is 1. The van der Waals surface area contributed by atoms with E-state index in [9.17, 15) is 0 Å². The SMILES string of the molecule is CC1(C)OCC(CO)O1.[H-].[Na+]. The van der Waals surface area contributed by atoms with Gasteiger partial charge in [0.25, 0.3) is 0 Å². The molecule has 1 unspecified atom stereocenters. The predicted octanol–water partition coefficient (Wildman–Crippen LogP) is -2.75. The van der Waals surface area contributed by atoms with E-state index in [0.717, 1.165) is 0 Å². The Morgan fingerprint density at radius 3 is 2.50 bits per heavy atom. The first kappa shape index (κ1) is 10.9. The summed E-state index contributed by atoms with van der Waals surface area (Å²) in [6.07, 6.45) is -0.125. The van der Waals surface area contributed by atoms with E-state index in [2.05, 4.69) is 0 Å². The minimum Gasteiger partial charge on any atom is -1.00 e. The van der Waals surface area contributed by atoms with E-state index in [1.54, 1.807) is 0 Å². The molecule has 0 aromatic rings. The Labute approximate surface area is 84.5 Å². The Bertz CT molecular complexity index is 110. The summed E-state index contributed by atoms with van der Waals surface area (Å²) >= 11 is 0. The van der Waals surface area contributed by atoms with Gasteiger partial charge in [0.15, 0.2) is 5.79 Å². The van der Waals surface area contributed by atoms with E-state index in [1.165, 1.54) is 0 Å². The van der Waals surface area contributed by atoms with Crippen LogP contribution in [0.5, 0.6) is 0 Å². The van der Waals surface area contributed by atoms with Gasteiger partial charge in [-0.25, -0.2) is 0 Å². The molecule has 1 atom stereocenters. The van der Waals surface area contributed by atoms with Gasteiger partial charge in [-0.3, -0.25) is 0 Å². The van der Waals surface area contributed by atoms with Crippen molar-refractivity contribution in [2.45, 2.75) is 25.7 Å². The van der Waals surface area contributed by atoms with Gasteiger partial charge in [0.2, 0.25) is 0 Å². The Hall–Kier alpha value is 0.880. The second-order valence-electron chi connectivity index (χ2n) is 2.63. The van der Waals surface area contributed by atoms with Gasteiger partial charge in [0, 0.05) is 0 Å². The van der Waals surface area contributed by atoms with Crippen molar-refractivity contribution < 1.29 is 45.6 Å². The van der Waals surface area contributed by atoms with E-state index >= 15 is 0 Å². The minimum absolute atomic E-state index is 0. The van der Waals surface area contributed by atoms with Crippen molar-refractivity contribution in [3.05, 3.63) is 0 Å². The first-order valence-electron chi connectivity index (χ1n) is 3.07. The zero-order valence-electron chi connectivity index (χ0n) is 7.76. The molecule has 1 aliphatic rings. The van der Waals surface area contributed by atoms with Gasteiger partial charge >= 0.3 is 29.6 Å². The molecule has 0 saturated carbocycles. The molecule has 1 N–H and O–H groups in total. The van der Waals surface area contributed by atoms with Gasteiger partial charge in [-0.1, -0.05) is 0 Å². The number of rotatable bonds is 1. The average Bonchev–Trinajstić information content (AvgIpc) is 2.10. The fourth-order valence-electron chi connectivity index (χ4n) is 0.853. The fraction of sp³-hybridized carbons (Fsp3) is 1.00. The van der Waals surface area contributed by atoms with Crippen LogP contribution >= 0.6 is 0 Å². The van der Waals surface area contributed by atoms with Gasteiger partial charge in [-0.05, 0) is 13.8 Å². The predicted molar refractivity (Wildman–Crippen MR) is 33.1 cm³/mol. The van der Waals surface area contributed by atoms with Gasteiger partial charge in [0.1, 0.15) is 6.10 Å². The van der Waals surface area contributed by atoms with Crippen LogP contribution in [0.4, 0.5) is 0 Å². The molecule has 0 aromatic carbocycles. The molecular formula is C6H13NaO3. The van der Waals surface area contributed by atoms with Crippen LogP contribution in [0.1, 0.15) is 15.3 Å². The molecule has 1 rings (SSSR count). The quantitative estimate of drug-likeness (QED) is 0.418. The fourth-order valence-corrected chi connectivity index (χ4v) is 0.853. The molecule has 56 valence electrons. The van der Waals surface area contributed by atoms with Crippen molar-refractivity contribution in [3.8, 4) is 0 Å². The van der Waals surface area contributed by atoms with Crippen molar-refractivity contribution in [3.63, 3.8) is 0 Å². The maximum Gasteiger partial charge on any atom is 1.00 e. The molecule has 0 bridgehead atoms. The molecule has 1 aliphatic heterocycles. The van der Waals surface area contributed by atoms with Crippen molar-refractivity contribution in [1.82, 2.24) is 0 Å². The van der Waals surface area contributed by atoms with Crippen molar-refractivity contribution in [1.29, 1.82) is 0 Å². The topological polar surface area (TPSA) is 38.7 Å². The van der Waals surface area contributed by atoms with E-state index in [-0.39, 0.29) is 43.7 Å². The first-order valence-corrected chi connectivity index (χ1v) is 3.07. The van der Waals surface area contributed by atoms with Gasteiger partial charge < -0.3 is 16.0 Å². The first-order chi connectivity index (χ1) is 4.14. The molecule has 0 amide bonds. The molecular weight excluding hydrogens is 143 g/mol. The maximum absolute atomic E-state index is 8.59. The molecule has 0 aromatic heterocycles. The molecule has 10 heavy (non-hydrogen) atoms. The second kappa shape index (κ2) is 4.04. The molecule has 0 spiro atoms. The van der Waals surface area contributed by atoms with E-state index in [1.807, 2.05) is 13.8 Å². The van der Waals surface area contributed by atoms with Crippen molar-refractivity contribution >= 4 is 0 Å². The molecule has 1 fully saturated rings. The molecule has 0 radical (unpaired) electrons. The minimum atomic E-state index is -0.493. The Kier molecular flexibility index (Phi) is 4.40. The average molecular weight is 156 g/mol. The largest absolute Gasteiger partial charge is 1.00 e. The zero-order valence-corrected chi connectivity index (χ0v) is 8.76. The summed E-state index contributed by atoms with van der Waals surface area (Å²) < 4.78 is 10.4. The van der Waals surface area contributed by atoms with Crippen LogP contribution in [0.2, 0.25) is 0 Å². The maximum atomic E-state index is 8.59. The Balaban J connectivity index is 0. The smallest absolute Gasteiger partial charge is 1.00 e. The van der Waals surface area contributed by atoms with E-state index in [4.69, 9.17) is 14.6 Å². The summed E-state index contributed by atoms with van der Waals surface area (Å²) in [5.74, 6) is -0.493. The van der Waals surface area contributed by atoms with E-state index < -0.39 is 5.79 Å². The van der Waals surface area contributed by atoms with Crippen LogP contribution in [0.3, 0.4) is 0 Å². The van der Waals surface area contributed by atoms with Crippen LogP contribution in [0.25, 0.3) is 0 Å². The Morgan fingerprint density at radius 2 is 2.30 bits per heavy atom. The van der Waals surface area contributed by atoms with Gasteiger partial charge in [0.05, 0.1) is 13.2 Å². The second-order valence-corrected chi connectivity index (χ2v) is 2.63. The molecule has 0 aliphatic carbocycles. The summed E-state index contributed by atoms with van der Waals surface area (Å²) in [6, 6.07) is 0. The monoisotopic (exact) mass is 156 g/mol. The third kappa shape index (κ3) is 2.86.